The van der Waals surface area contributed by atoms with Gasteiger partial charge in [-0.25, -0.2) is 0 Å². The number of nitrogens with zero attached hydrogens (tertiary/aromatic N) is 1. The van der Waals surface area contributed by atoms with Crippen LogP contribution in [0.3, 0.4) is 0 Å². The van der Waals surface area contributed by atoms with E-state index in [4.69, 9.17) is 0 Å². The van der Waals surface area contributed by atoms with Crippen LogP contribution in [0, 0.1) is 10.1 Å². The summed E-state index contributed by atoms with van der Waals surface area (Å²) in [7, 11) is 0. The first-order valence-corrected chi connectivity index (χ1v) is 8.41. The monoisotopic (exact) mass is 345 g/mol. The average molecular weight is 346 g/mol. The molecule has 18 heavy (non-hydrogen) atoms. The molecule has 0 bridgehead atoms. The zero-order valence-electron chi connectivity index (χ0n) is 9.54. The number of non-ortho nitro benzene ring substituents is 1. The van der Waals surface area contributed by atoms with E-state index in [1.807, 2.05) is 23.5 Å². The van der Waals surface area contributed by atoms with E-state index in [1.54, 1.807) is 12.1 Å². The maximum Gasteiger partial charge on any atom is 0.269 e. The van der Waals surface area contributed by atoms with Crippen LogP contribution in [-0.4, -0.2) is 21.0 Å². The lowest BCUT2D eigenvalue weighted by Gasteiger charge is -2.18. The number of hydrogen-bond donors (Lipinski definition) is 0. The van der Waals surface area contributed by atoms with Gasteiger partial charge in [-0.1, -0.05) is 15.9 Å². The molecule has 0 aromatic heterocycles. The topological polar surface area (TPSA) is 43.1 Å². The maximum absolute atomic E-state index is 10.6. The van der Waals surface area contributed by atoms with Gasteiger partial charge in [0.2, 0.25) is 0 Å². The second-order valence-corrected chi connectivity index (χ2v) is 7.43. The van der Waals surface area contributed by atoms with Crippen molar-refractivity contribution in [3.05, 3.63) is 46.0 Å². The Bertz CT molecular complexity index is 456. The molecule has 2 rings (SSSR count). The van der Waals surface area contributed by atoms with Gasteiger partial charge in [-0.05, 0) is 41.7 Å². The van der Waals surface area contributed by atoms with Gasteiger partial charge in [-0.15, -0.1) is 23.5 Å². The van der Waals surface area contributed by atoms with Gasteiger partial charge in [0.1, 0.15) is 0 Å². The van der Waals surface area contributed by atoms with Gasteiger partial charge < -0.3 is 0 Å². The Balaban J connectivity index is 2.09. The second kappa shape index (κ2) is 6.63. The van der Waals surface area contributed by atoms with E-state index in [0.29, 0.717) is 4.58 Å². The standard InChI is InChI=1S/C12H12BrNO2S2/c13-11(8-12-17-6-1-7-18-12)9-2-4-10(5-3-9)14(15)16/h2-5,8,12H,1,6-7H2/b11-8-. The highest BCUT2D eigenvalue weighted by atomic mass is 79.9. The molecule has 0 amide bonds. The number of nitro groups is 1. The smallest absolute Gasteiger partial charge is 0.258 e. The molecule has 1 aromatic rings. The highest BCUT2D eigenvalue weighted by Gasteiger charge is 2.13. The van der Waals surface area contributed by atoms with E-state index in [1.165, 1.54) is 30.1 Å². The first-order chi connectivity index (χ1) is 8.66. The first kappa shape index (κ1) is 14.0. The molecule has 1 aromatic carbocycles. The van der Waals surface area contributed by atoms with E-state index >= 15 is 0 Å². The molecule has 0 saturated carbocycles. The molecule has 0 unspecified atom stereocenters. The third kappa shape index (κ3) is 3.76. The molecule has 0 N–H and O–H groups in total. The van der Waals surface area contributed by atoms with Crippen LogP contribution in [-0.2, 0) is 0 Å². The van der Waals surface area contributed by atoms with Crippen LogP contribution < -0.4 is 0 Å². The van der Waals surface area contributed by atoms with Gasteiger partial charge in [0, 0.05) is 16.6 Å². The van der Waals surface area contributed by atoms with Gasteiger partial charge in [-0.2, -0.15) is 0 Å². The number of rotatable bonds is 3. The molecule has 6 heteroatoms. The van der Waals surface area contributed by atoms with Crippen molar-refractivity contribution in [2.75, 3.05) is 11.5 Å². The summed E-state index contributed by atoms with van der Waals surface area (Å²) in [6, 6.07) is 6.62. The fraction of sp³-hybridized carbons (Fsp3) is 0.333. The zero-order chi connectivity index (χ0) is 13.0. The number of thioether (sulfide) groups is 2. The summed E-state index contributed by atoms with van der Waals surface area (Å²) in [6.45, 7) is 0. The summed E-state index contributed by atoms with van der Waals surface area (Å²) in [6.07, 6.45) is 3.45. The van der Waals surface area contributed by atoms with Crippen LogP contribution in [0.5, 0.6) is 0 Å². The molecule has 1 fully saturated rings. The van der Waals surface area contributed by atoms with Crippen LogP contribution in [0.25, 0.3) is 4.48 Å². The Morgan fingerprint density at radius 3 is 2.50 bits per heavy atom. The lowest BCUT2D eigenvalue weighted by molar-refractivity contribution is -0.384. The van der Waals surface area contributed by atoms with Crippen LogP contribution >= 0.6 is 39.5 Å². The van der Waals surface area contributed by atoms with E-state index in [0.717, 1.165) is 10.0 Å². The first-order valence-electron chi connectivity index (χ1n) is 5.52. The summed E-state index contributed by atoms with van der Waals surface area (Å²) in [5.41, 5.74) is 1.10. The highest BCUT2D eigenvalue weighted by Crippen LogP contribution is 2.35. The lowest BCUT2D eigenvalue weighted by atomic mass is 10.2. The van der Waals surface area contributed by atoms with Crippen molar-refractivity contribution in [2.24, 2.45) is 0 Å². The summed E-state index contributed by atoms with van der Waals surface area (Å²) in [5.74, 6) is 2.41. The van der Waals surface area contributed by atoms with Crippen molar-refractivity contribution in [1.29, 1.82) is 0 Å². The van der Waals surface area contributed by atoms with E-state index < -0.39 is 0 Å². The third-order valence-corrected chi connectivity index (χ3v) is 6.01. The molecule has 0 radical (unpaired) electrons. The van der Waals surface area contributed by atoms with Gasteiger partial charge >= 0.3 is 0 Å². The van der Waals surface area contributed by atoms with Gasteiger partial charge in [0.25, 0.3) is 5.69 Å². The Labute approximate surface area is 123 Å². The fourth-order valence-electron chi connectivity index (χ4n) is 1.56. The minimum atomic E-state index is -0.381. The van der Waals surface area contributed by atoms with Gasteiger partial charge in [0.05, 0.1) is 9.51 Å². The van der Waals surface area contributed by atoms with Crippen LogP contribution in [0.4, 0.5) is 5.69 Å². The predicted octanol–water partition coefficient (Wildman–Crippen LogP) is 4.53. The molecule has 1 heterocycles. The molecule has 1 saturated heterocycles. The molecular formula is C12H12BrNO2S2. The maximum atomic E-state index is 10.6. The molecule has 0 aliphatic carbocycles. The van der Waals surface area contributed by atoms with Crippen LogP contribution in [0.15, 0.2) is 30.3 Å². The molecular weight excluding hydrogens is 334 g/mol. The lowest BCUT2D eigenvalue weighted by Crippen LogP contribution is -2.03. The molecule has 0 spiro atoms. The molecule has 3 nitrogen and oxygen atoms in total. The Morgan fingerprint density at radius 2 is 1.94 bits per heavy atom. The minimum absolute atomic E-state index is 0.125. The van der Waals surface area contributed by atoms with Crippen LogP contribution in [0.1, 0.15) is 12.0 Å². The van der Waals surface area contributed by atoms with Crippen LogP contribution in [0.2, 0.25) is 0 Å². The van der Waals surface area contributed by atoms with Crippen molar-refractivity contribution in [2.45, 2.75) is 11.0 Å². The Hall–Kier alpha value is -0.460. The van der Waals surface area contributed by atoms with E-state index in [2.05, 4.69) is 22.0 Å². The summed E-state index contributed by atoms with van der Waals surface area (Å²) >= 11 is 7.43. The quantitative estimate of drug-likeness (QED) is 0.596. The van der Waals surface area contributed by atoms with Crippen molar-refractivity contribution >= 4 is 49.6 Å². The average Bonchev–Trinajstić information content (AvgIpc) is 2.40. The largest absolute Gasteiger partial charge is 0.269 e. The summed E-state index contributed by atoms with van der Waals surface area (Å²) in [4.78, 5) is 10.2. The zero-order valence-corrected chi connectivity index (χ0v) is 12.8. The van der Waals surface area contributed by atoms with Gasteiger partial charge in [0.15, 0.2) is 0 Å². The van der Waals surface area contributed by atoms with Crippen molar-refractivity contribution in [3.63, 3.8) is 0 Å². The second-order valence-electron chi connectivity index (χ2n) is 3.78. The summed E-state index contributed by atoms with van der Waals surface area (Å²) < 4.78 is 1.48. The van der Waals surface area contributed by atoms with Gasteiger partial charge in [-0.3, -0.25) is 10.1 Å². The highest BCUT2D eigenvalue weighted by molar-refractivity contribution is 9.15. The van der Waals surface area contributed by atoms with Crippen molar-refractivity contribution < 1.29 is 4.92 Å². The third-order valence-electron chi connectivity index (χ3n) is 2.49. The van der Waals surface area contributed by atoms with E-state index in [-0.39, 0.29) is 10.6 Å². The molecule has 1 aliphatic heterocycles. The normalized spacial score (nSPS) is 17.7. The molecule has 96 valence electrons. The van der Waals surface area contributed by atoms with E-state index in [9.17, 15) is 10.1 Å². The number of halogens is 1. The predicted molar refractivity (Wildman–Crippen MR) is 83.3 cm³/mol. The SMILES string of the molecule is O=[N+]([O-])c1ccc(/C(Br)=C/C2SCCCS2)cc1. The molecule has 0 atom stereocenters. The Kier molecular flexibility index (Phi) is 5.14. The molecule has 1 aliphatic rings. The number of benzene rings is 1. The minimum Gasteiger partial charge on any atom is -0.258 e. The summed E-state index contributed by atoms with van der Waals surface area (Å²) in [5, 5.41) is 10.6. The fourth-order valence-corrected chi connectivity index (χ4v) is 5.14. The van der Waals surface area contributed by atoms with Crippen molar-refractivity contribution in [1.82, 2.24) is 0 Å². The Morgan fingerprint density at radius 1 is 1.33 bits per heavy atom. The van der Waals surface area contributed by atoms with Crippen molar-refractivity contribution in [3.8, 4) is 0 Å². The number of hydrogen-bond acceptors (Lipinski definition) is 4. The number of nitro benzene ring substituents is 1.